The number of benzene rings is 1. The summed E-state index contributed by atoms with van der Waals surface area (Å²) in [5.41, 5.74) is 2.68. The van der Waals surface area contributed by atoms with Crippen LogP contribution >= 0.6 is 15.9 Å². The van der Waals surface area contributed by atoms with Crippen LogP contribution in [0.2, 0.25) is 0 Å². The van der Waals surface area contributed by atoms with E-state index < -0.39 is 0 Å². The van der Waals surface area contributed by atoms with Crippen molar-refractivity contribution in [2.75, 3.05) is 0 Å². The summed E-state index contributed by atoms with van der Waals surface area (Å²) in [5.74, 6) is 0. The first-order valence-electron chi connectivity index (χ1n) is 4.50. The summed E-state index contributed by atoms with van der Waals surface area (Å²) < 4.78 is 1.00. The van der Waals surface area contributed by atoms with Crippen molar-refractivity contribution in [1.82, 2.24) is 10.2 Å². The number of rotatable bonds is 1. The molecule has 0 unspecified atom stereocenters. The highest BCUT2D eigenvalue weighted by atomic mass is 79.9. The molecule has 0 spiro atoms. The van der Waals surface area contributed by atoms with E-state index in [1.54, 1.807) is 6.07 Å². The van der Waals surface area contributed by atoms with Crippen molar-refractivity contribution in [3.05, 3.63) is 50.7 Å². The number of aromatic nitrogens is 2. The van der Waals surface area contributed by atoms with Gasteiger partial charge in [-0.15, -0.1) is 0 Å². The third-order valence-corrected chi connectivity index (χ3v) is 3.20. The summed E-state index contributed by atoms with van der Waals surface area (Å²) in [6.07, 6.45) is 0. The first-order valence-corrected chi connectivity index (χ1v) is 5.29. The van der Waals surface area contributed by atoms with E-state index in [2.05, 4.69) is 26.1 Å². The molecular formula is C11H9BrN2O. The number of nitrogens with one attached hydrogen (secondary N) is 1. The molecule has 1 heterocycles. The van der Waals surface area contributed by atoms with Gasteiger partial charge in [0.05, 0.1) is 5.69 Å². The van der Waals surface area contributed by atoms with Gasteiger partial charge in [-0.25, -0.2) is 5.10 Å². The molecule has 0 fully saturated rings. The first-order chi connectivity index (χ1) is 7.18. The van der Waals surface area contributed by atoms with E-state index in [9.17, 15) is 4.79 Å². The van der Waals surface area contributed by atoms with Crippen LogP contribution in [0.5, 0.6) is 0 Å². The van der Waals surface area contributed by atoms with Crippen molar-refractivity contribution >= 4 is 15.9 Å². The Kier molecular flexibility index (Phi) is 2.68. The fraction of sp³-hybridized carbons (Fsp3) is 0.0909. The largest absolute Gasteiger partial charge is 0.268 e. The minimum absolute atomic E-state index is 0.192. The maximum absolute atomic E-state index is 10.9. The summed E-state index contributed by atoms with van der Waals surface area (Å²) in [4.78, 5) is 10.9. The molecule has 1 N–H and O–H groups in total. The topological polar surface area (TPSA) is 45.8 Å². The zero-order chi connectivity index (χ0) is 10.8. The van der Waals surface area contributed by atoms with Crippen LogP contribution in [0.15, 0.2) is 39.6 Å². The predicted octanol–water partition coefficient (Wildman–Crippen LogP) is 2.51. The minimum Gasteiger partial charge on any atom is -0.268 e. The second kappa shape index (κ2) is 3.98. The van der Waals surface area contributed by atoms with E-state index >= 15 is 0 Å². The second-order valence-electron chi connectivity index (χ2n) is 3.24. The zero-order valence-electron chi connectivity index (χ0n) is 8.12. The highest BCUT2D eigenvalue weighted by molar-refractivity contribution is 9.10. The van der Waals surface area contributed by atoms with Gasteiger partial charge in [-0.05, 0) is 34.5 Å². The molecular weight excluding hydrogens is 256 g/mol. The minimum atomic E-state index is -0.192. The van der Waals surface area contributed by atoms with Crippen LogP contribution in [0.3, 0.4) is 0 Å². The van der Waals surface area contributed by atoms with Crippen LogP contribution in [0.25, 0.3) is 11.3 Å². The Morgan fingerprint density at radius 3 is 2.73 bits per heavy atom. The van der Waals surface area contributed by atoms with Gasteiger partial charge in [0.1, 0.15) is 0 Å². The first kappa shape index (κ1) is 10.1. The van der Waals surface area contributed by atoms with Gasteiger partial charge in [0.25, 0.3) is 5.56 Å². The molecule has 0 aliphatic rings. The molecule has 1 aromatic heterocycles. The molecule has 1 aromatic carbocycles. The molecule has 2 aromatic rings. The molecule has 0 aliphatic carbocycles. The molecule has 0 aliphatic heterocycles. The number of H-pyrrole nitrogens is 1. The highest BCUT2D eigenvalue weighted by Gasteiger charge is 2.05. The molecule has 3 nitrogen and oxygen atoms in total. The Morgan fingerprint density at radius 1 is 1.27 bits per heavy atom. The highest BCUT2D eigenvalue weighted by Crippen LogP contribution is 2.28. The molecule has 0 saturated carbocycles. The molecule has 0 radical (unpaired) electrons. The SMILES string of the molecule is Cc1cccc(-c2ccc(=O)[nH]n2)c1Br. The monoisotopic (exact) mass is 264 g/mol. The number of nitrogens with zero attached hydrogens (tertiary/aromatic N) is 1. The van der Waals surface area contributed by atoms with Gasteiger partial charge in [0.2, 0.25) is 0 Å². The Balaban J connectivity index is 2.59. The van der Waals surface area contributed by atoms with Crippen molar-refractivity contribution in [2.45, 2.75) is 6.92 Å². The van der Waals surface area contributed by atoms with Gasteiger partial charge < -0.3 is 0 Å². The average Bonchev–Trinajstić information content (AvgIpc) is 2.24. The summed E-state index contributed by atoms with van der Waals surface area (Å²) in [7, 11) is 0. The zero-order valence-corrected chi connectivity index (χ0v) is 9.71. The van der Waals surface area contributed by atoms with Crippen molar-refractivity contribution in [3.63, 3.8) is 0 Å². The van der Waals surface area contributed by atoms with Crippen molar-refractivity contribution in [2.24, 2.45) is 0 Å². The lowest BCUT2D eigenvalue weighted by atomic mass is 10.1. The number of aromatic amines is 1. The molecule has 0 amide bonds. The Morgan fingerprint density at radius 2 is 2.07 bits per heavy atom. The molecule has 2 rings (SSSR count). The summed E-state index contributed by atoms with van der Waals surface area (Å²) in [6.45, 7) is 2.01. The molecule has 4 heteroatoms. The number of hydrogen-bond donors (Lipinski definition) is 1. The van der Waals surface area contributed by atoms with Crippen LogP contribution in [-0.2, 0) is 0 Å². The number of hydrogen-bond acceptors (Lipinski definition) is 2. The normalized spacial score (nSPS) is 10.3. The van der Waals surface area contributed by atoms with E-state index in [1.807, 2.05) is 25.1 Å². The second-order valence-corrected chi connectivity index (χ2v) is 4.04. The van der Waals surface area contributed by atoms with Gasteiger partial charge >= 0.3 is 0 Å². The third kappa shape index (κ3) is 1.99. The lowest BCUT2D eigenvalue weighted by molar-refractivity contribution is 0.994. The maximum Gasteiger partial charge on any atom is 0.264 e. The summed E-state index contributed by atoms with van der Waals surface area (Å²) >= 11 is 3.50. The van der Waals surface area contributed by atoms with Crippen molar-refractivity contribution < 1.29 is 0 Å². The van der Waals surface area contributed by atoms with Crippen LogP contribution in [0.1, 0.15) is 5.56 Å². The van der Waals surface area contributed by atoms with Gasteiger partial charge in [0.15, 0.2) is 0 Å². The lowest BCUT2D eigenvalue weighted by Gasteiger charge is -2.05. The van der Waals surface area contributed by atoms with Gasteiger partial charge in [-0.3, -0.25) is 4.79 Å². The lowest BCUT2D eigenvalue weighted by Crippen LogP contribution is -2.05. The van der Waals surface area contributed by atoms with E-state index in [-0.39, 0.29) is 5.56 Å². The molecule has 0 atom stereocenters. The van der Waals surface area contributed by atoms with E-state index in [0.29, 0.717) is 0 Å². The predicted molar refractivity (Wildman–Crippen MR) is 62.7 cm³/mol. The van der Waals surface area contributed by atoms with Crippen LogP contribution in [-0.4, -0.2) is 10.2 Å². The van der Waals surface area contributed by atoms with Crippen molar-refractivity contribution in [1.29, 1.82) is 0 Å². The van der Waals surface area contributed by atoms with Crippen LogP contribution in [0, 0.1) is 6.92 Å². The van der Waals surface area contributed by atoms with E-state index in [1.165, 1.54) is 6.07 Å². The fourth-order valence-corrected chi connectivity index (χ4v) is 1.81. The molecule has 0 saturated heterocycles. The van der Waals surface area contributed by atoms with Gasteiger partial charge in [0, 0.05) is 16.1 Å². The van der Waals surface area contributed by atoms with Crippen LogP contribution in [0.4, 0.5) is 0 Å². The van der Waals surface area contributed by atoms with Crippen molar-refractivity contribution in [3.8, 4) is 11.3 Å². The van der Waals surface area contributed by atoms with E-state index in [4.69, 9.17) is 0 Å². The van der Waals surface area contributed by atoms with Gasteiger partial charge in [-0.2, -0.15) is 5.10 Å². The quantitative estimate of drug-likeness (QED) is 0.861. The average molecular weight is 265 g/mol. The van der Waals surface area contributed by atoms with Gasteiger partial charge in [-0.1, -0.05) is 18.2 Å². The van der Waals surface area contributed by atoms with Crippen LogP contribution < -0.4 is 5.56 Å². The fourth-order valence-electron chi connectivity index (χ4n) is 1.34. The maximum atomic E-state index is 10.9. The third-order valence-electron chi connectivity index (χ3n) is 2.15. The Hall–Kier alpha value is -1.42. The molecule has 15 heavy (non-hydrogen) atoms. The Bertz CT molecular complexity index is 528. The van der Waals surface area contributed by atoms with E-state index in [0.717, 1.165) is 21.3 Å². The molecule has 76 valence electrons. The molecule has 0 bridgehead atoms. The Labute approximate surface area is 95.3 Å². The number of halogens is 1. The summed E-state index contributed by atoms with van der Waals surface area (Å²) in [6, 6.07) is 9.11. The smallest absolute Gasteiger partial charge is 0.264 e. The number of aryl methyl sites for hydroxylation is 1. The summed E-state index contributed by atoms with van der Waals surface area (Å²) in [5, 5.41) is 6.40. The standard InChI is InChI=1S/C11H9BrN2O/c1-7-3-2-4-8(11(7)12)9-5-6-10(15)14-13-9/h2-6H,1H3,(H,14,15).